The average molecular weight is 353 g/mol. The van der Waals surface area contributed by atoms with E-state index in [1.807, 2.05) is 18.2 Å². The Bertz CT molecular complexity index is 1100. The molecule has 0 aliphatic heterocycles. The van der Waals surface area contributed by atoms with Gasteiger partial charge in [0.15, 0.2) is 0 Å². The van der Waals surface area contributed by atoms with Crippen LogP contribution in [0.25, 0.3) is 16.8 Å². The predicted molar refractivity (Wildman–Crippen MR) is 95.0 cm³/mol. The molecule has 0 amide bonds. The highest BCUT2D eigenvalue weighted by Crippen LogP contribution is 2.26. The third-order valence-corrected chi connectivity index (χ3v) is 4.26. The second kappa shape index (κ2) is 6.07. The molecule has 6 nitrogen and oxygen atoms in total. The van der Waals surface area contributed by atoms with Crippen molar-refractivity contribution in [2.45, 2.75) is 6.42 Å². The number of hydrogen-bond donors (Lipinski definition) is 2. The summed E-state index contributed by atoms with van der Waals surface area (Å²) in [5, 5.41) is 15.4. The number of fused-ring (bicyclic) bond motifs is 1. The number of H-pyrrole nitrogens is 1. The van der Waals surface area contributed by atoms with Crippen LogP contribution < -0.4 is 5.56 Å². The Balaban J connectivity index is 1.83. The van der Waals surface area contributed by atoms with Crippen LogP contribution in [0.4, 0.5) is 0 Å². The van der Waals surface area contributed by atoms with Crippen molar-refractivity contribution in [1.29, 1.82) is 0 Å². The third kappa shape index (κ3) is 2.77. The molecule has 0 unspecified atom stereocenters. The number of hydrogen-bond acceptors (Lipinski definition) is 4. The Morgan fingerprint density at radius 2 is 1.96 bits per heavy atom. The van der Waals surface area contributed by atoms with Crippen LogP contribution in [0.1, 0.15) is 11.1 Å². The number of benzene rings is 1. The van der Waals surface area contributed by atoms with Crippen LogP contribution >= 0.6 is 11.6 Å². The zero-order valence-corrected chi connectivity index (χ0v) is 13.7. The van der Waals surface area contributed by atoms with Gasteiger partial charge in [0, 0.05) is 35.0 Å². The van der Waals surface area contributed by atoms with Crippen LogP contribution in [0.15, 0.2) is 59.8 Å². The van der Waals surface area contributed by atoms with Gasteiger partial charge in [0.05, 0.1) is 11.8 Å². The molecule has 0 saturated carbocycles. The van der Waals surface area contributed by atoms with E-state index in [0.717, 1.165) is 11.1 Å². The van der Waals surface area contributed by atoms with Crippen LogP contribution in [0.2, 0.25) is 5.02 Å². The Morgan fingerprint density at radius 3 is 2.68 bits per heavy atom. The van der Waals surface area contributed by atoms with Gasteiger partial charge in [0.2, 0.25) is 5.88 Å². The zero-order chi connectivity index (χ0) is 17.4. The molecule has 4 aromatic rings. The monoisotopic (exact) mass is 352 g/mol. The van der Waals surface area contributed by atoms with E-state index < -0.39 is 0 Å². The van der Waals surface area contributed by atoms with E-state index in [0.29, 0.717) is 16.2 Å². The lowest BCUT2D eigenvalue weighted by Crippen LogP contribution is -2.16. The number of halogens is 1. The van der Waals surface area contributed by atoms with Crippen molar-refractivity contribution in [1.82, 2.24) is 19.6 Å². The molecule has 0 aliphatic rings. The molecule has 0 radical (unpaired) electrons. The summed E-state index contributed by atoms with van der Waals surface area (Å²) in [6, 6.07) is 10.8. The van der Waals surface area contributed by atoms with E-state index >= 15 is 0 Å². The standard InChI is InChI=1S/C18H13ClN4O2/c19-13-5-3-11(4-6-13)8-14-17(24)22-16-15(10-21-23(16)18(14)25)12-2-1-7-20-9-12/h1-7,9-10,25H,8H2,(H,22,24). The van der Waals surface area contributed by atoms with Gasteiger partial charge in [-0.2, -0.15) is 9.61 Å². The van der Waals surface area contributed by atoms with Gasteiger partial charge in [-0.25, -0.2) is 0 Å². The van der Waals surface area contributed by atoms with Crippen molar-refractivity contribution >= 4 is 17.2 Å². The number of pyridine rings is 1. The van der Waals surface area contributed by atoms with Crippen LogP contribution in [-0.2, 0) is 6.42 Å². The molecule has 1 aromatic carbocycles. The molecular weight excluding hydrogens is 340 g/mol. The van der Waals surface area contributed by atoms with Gasteiger partial charge in [-0.15, -0.1) is 0 Å². The number of aromatic amines is 1. The molecule has 0 fully saturated rings. The minimum atomic E-state index is -0.356. The van der Waals surface area contributed by atoms with Crippen molar-refractivity contribution < 1.29 is 5.11 Å². The van der Waals surface area contributed by atoms with Crippen LogP contribution in [-0.4, -0.2) is 24.7 Å². The number of aromatic hydroxyl groups is 1. The minimum absolute atomic E-state index is 0.177. The summed E-state index contributed by atoms with van der Waals surface area (Å²) < 4.78 is 1.33. The van der Waals surface area contributed by atoms with Gasteiger partial charge in [0.1, 0.15) is 5.65 Å². The van der Waals surface area contributed by atoms with Gasteiger partial charge in [-0.3, -0.25) is 9.78 Å². The summed E-state index contributed by atoms with van der Waals surface area (Å²) in [7, 11) is 0. The maximum Gasteiger partial charge on any atom is 0.258 e. The number of nitrogens with zero attached hydrogens (tertiary/aromatic N) is 3. The van der Waals surface area contributed by atoms with Gasteiger partial charge in [-0.05, 0) is 23.8 Å². The van der Waals surface area contributed by atoms with E-state index in [4.69, 9.17) is 11.6 Å². The SMILES string of the molecule is O=c1[nH]c2c(-c3cccnc3)cnn2c(O)c1Cc1ccc(Cl)cc1. The van der Waals surface area contributed by atoms with Crippen LogP contribution in [0, 0.1) is 0 Å². The summed E-state index contributed by atoms with van der Waals surface area (Å²) in [5.41, 5.74) is 2.68. The maximum atomic E-state index is 12.5. The molecule has 0 bridgehead atoms. The molecule has 0 atom stereocenters. The first-order chi connectivity index (χ1) is 12.1. The Labute approximate surface area is 147 Å². The third-order valence-electron chi connectivity index (χ3n) is 4.01. The van der Waals surface area contributed by atoms with Crippen molar-refractivity contribution in [2.24, 2.45) is 0 Å². The summed E-state index contributed by atoms with van der Waals surface area (Å²) >= 11 is 5.88. The quantitative estimate of drug-likeness (QED) is 0.593. The second-order valence-corrected chi connectivity index (χ2v) is 6.06. The smallest absolute Gasteiger partial charge is 0.258 e. The molecule has 0 spiro atoms. The predicted octanol–water partition coefficient (Wildman–Crippen LogP) is 3.03. The number of aromatic nitrogens is 4. The molecule has 7 heteroatoms. The Hall–Kier alpha value is -3.12. The number of rotatable bonds is 3. The van der Waals surface area contributed by atoms with E-state index in [1.54, 1.807) is 36.8 Å². The lowest BCUT2D eigenvalue weighted by atomic mass is 10.1. The van der Waals surface area contributed by atoms with Crippen LogP contribution in [0.3, 0.4) is 0 Å². The topological polar surface area (TPSA) is 83.3 Å². The molecule has 25 heavy (non-hydrogen) atoms. The van der Waals surface area contributed by atoms with Crippen molar-refractivity contribution in [3.05, 3.63) is 81.5 Å². The molecule has 0 aliphatic carbocycles. The van der Waals surface area contributed by atoms with E-state index in [1.165, 1.54) is 4.52 Å². The summed E-state index contributed by atoms with van der Waals surface area (Å²) in [6.07, 6.45) is 5.21. The molecule has 3 heterocycles. The summed E-state index contributed by atoms with van der Waals surface area (Å²) in [4.78, 5) is 19.4. The maximum absolute atomic E-state index is 12.5. The van der Waals surface area contributed by atoms with Crippen molar-refractivity contribution in [3.8, 4) is 17.0 Å². The van der Waals surface area contributed by atoms with Gasteiger partial charge in [0.25, 0.3) is 5.56 Å². The molecule has 2 N–H and O–H groups in total. The lowest BCUT2D eigenvalue weighted by molar-refractivity contribution is 0.428. The summed E-state index contributed by atoms with van der Waals surface area (Å²) in [6.45, 7) is 0. The van der Waals surface area contributed by atoms with E-state index in [-0.39, 0.29) is 23.4 Å². The molecule has 124 valence electrons. The first kappa shape index (κ1) is 15.4. The average Bonchev–Trinajstić information content (AvgIpc) is 3.05. The zero-order valence-electron chi connectivity index (χ0n) is 13.0. The molecular formula is C18H13ClN4O2. The highest BCUT2D eigenvalue weighted by atomic mass is 35.5. The fourth-order valence-corrected chi connectivity index (χ4v) is 2.87. The molecule has 3 aromatic heterocycles. The first-order valence-corrected chi connectivity index (χ1v) is 7.98. The largest absolute Gasteiger partial charge is 0.493 e. The Morgan fingerprint density at radius 1 is 1.16 bits per heavy atom. The fourth-order valence-electron chi connectivity index (χ4n) is 2.74. The van der Waals surface area contributed by atoms with Gasteiger partial charge < -0.3 is 10.1 Å². The van der Waals surface area contributed by atoms with Crippen LogP contribution in [0.5, 0.6) is 5.88 Å². The highest BCUT2D eigenvalue weighted by Gasteiger charge is 2.17. The summed E-state index contributed by atoms with van der Waals surface area (Å²) in [5.74, 6) is -0.177. The number of nitrogens with one attached hydrogen (secondary N) is 1. The molecule has 0 saturated heterocycles. The van der Waals surface area contributed by atoms with Gasteiger partial charge >= 0.3 is 0 Å². The van der Waals surface area contributed by atoms with E-state index in [9.17, 15) is 9.90 Å². The fraction of sp³-hybridized carbons (Fsp3) is 0.0556. The molecule has 4 rings (SSSR count). The normalized spacial score (nSPS) is 11.1. The first-order valence-electron chi connectivity index (χ1n) is 7.60. The van der Waals surface area contributed by atoms with Crippen molar-refractivity contribution in [3.63, 3.8) is 0 Å². The lowest BCUT2D eigenvalue weighted by Gasteiger charge is -2.07. The second-order valence-electron chi connectivity index (χ2n) is 5.62. The van der Waals surface area contributed by atoms with Gasteiger partial charge in [-0.1, -0.05) is 29.8 Å². The highest BCUT2D eigenvalue weighted by molar-refractivity contribution is 6.30. The Kier molecular flexibility index (Phi) is 3.74. The van der Waals surface area contributed by atoms with E-state index in [2.05, 4.69) is 15.1 Å². The van der Waals surface area contributed by atoms with Crippen molar-refractivity contribution in [2.75, 3.05) is 0 Å². The minimum Gasteiger partial charge on any atom is -0.493 e.